The van der Waals surface area contributed by atoms with Gasteiger partial charge < -0.3 is 10.2 Å². The van der Waals surface area contributed by atoms with Gasteiger partial charge in [-0.1, -0.05) is 0 Å². The summed E-state index contributed by atoms with van der Waals surface area (Å²) >= 11 is 3.96. The normalized spacial score (nSPS) is 15.4. The van der Waals surface area contributed by atoms with E-state index < -0.39 is 0 Å². The quantitative estimate of drug-likeness (QED) is 0.673. The van der Waals surface area contributed by atoms with E-state index in [0.29, 0.717) is 25.1 Å². The van der Waals surface area contributed by atoms with Gasteiger partial charge >= 0.3 is 0 Å². The molecule has 1 fully saturated rings. The predicted molar refractivity (Wildman–Crippen MR) is 61.9 cm³/mol. The molecule has 86 valence electrons. The van der Waals surface area contributed by atoms with Gasteiger partial charge in [-0.05, 0) is 18.6 Å². The average molecular weight is 230 g/mol. The topological polar surface area (TPSA) is 49.4 Å². The molecule has 1 N–H and O–H groups in total. The van der Waals surface area contributed by atoms with Crippen LogP contribution in [0.15, 0.2) is 0 Å². The summed E-state index contributed by atoms with van der Waals surface area (Å²) in [5.74, 6) is 0.671. The minimum atomic E-state index is -0.0285. The number of hydrogen-bond acceptors (Lipinski definition) is 3. The lowest BCUT2D eigenvalue weighted by atomic mass is 10.3. The molecule has 1 heterocycles. The summed E-state index contributed by atoms with van der Waals surface area (Å²) in [5, 5.41) is 2.70. The van der Waals surface area contributed by atoms with Crippen LogP contribution in [-0.4, -0.2) is 42.1 Å². The zero-order valence-electron chi connectivity index (χ0n) is 8.87. The number of rotatable bonds is 5. The summed E-state index contributed by atoms with van der Waals surface area (Å²) < 4.78 is 0. The number of nitrogens with zero attached hydrogens (tertiary/aromatic N) is 1. The molecular weight excluding hydrogens is 212 g/mol. The van der Waals surface area contributed by atoms with Crippen molar-refractivity contribution < 1.29 is 9.59 Å². The lowest BCUT2D eigenvalue weighted by Crippen LogP contribution is -2.32. The second-order valence-corrected chi connectivity index (χ2v) is 4.11. The summed E-state index contributed by atoms with van der Waals surface area (Å²) in [7, 11) is 0. The Morgan fingerprint density at radius 2 is 1.87 bits per heavy atom. The van der Waals surface area contributed by atoms with Crippen LogP contribution in [0.2, 0.25) is 0 Å². The molecule has 2 amide bonds. The second kappa shape index (κ2) is 6.71. The summed E-state index contributed by atoms with van der Waals surface area (Å²) in [6.07, 6.45) is 3.05. The molecule has 0 aromatic rings. The molecule has 1 aliphatic heterocycles. The van der Waals surface area contributed by atoms with Crippen molar-refractivity contribution in [3.63, 3.8) is 0 Å². The number of carbonyl (C=O) groups is 2. The maximum atomic E-state index is 11.5. The maximum Gasteiger partial charge on any atom is 0.224 e. The van der Waals surface area contributed by atoms with E-state index in [1.54, 1.807) is 0 Å². The third-order valence-electron chi connectivity index (χ3n) is 2.46. The number of carbonyl (C=O) groups excluding carboxylic acids is 2. The summed E-state index contributed by atoms with van der Waals surface area (Å²) in [6, 6.07) is 0. The van der Waals surface area contributed by atoms with Gasteiger partial charge in [0.2, 0.25) is 11.8 Å². The van der Waals surface area contributed by atoms with Crippen LogP contribution in [0.4, 0.5) is 0 Å². The van der Waals surface area contributed by atoms with Gasteiger partial charge in [-0.25, -0.2) is 0 Å². The highest BCUT2D eigenvalue weighted by Crippen LogP contribution is 2.08. The maximum absolute atomic E-state index is 11.5. The number of amides is 2. The van der Waals surface area contributed by atoms with Crippen molar-refractivity contribution >= 4 is 24.4 Å². The third-order valence-corrected chi connectivity index (χ3v) is 2.68. The largest absolute Gasteiger partial charge is 0.356 e. The van der Waals surface area contributed by atoms with Crippen LogP contribution in [0.3, 0.4) is 0 Å². The lowest BCUT2D eigenvalue weighted by Gasteiger charge is -2.15. The first-order chi connectivity index (χ1) is 7.24. The molecule has 15 heavy (non-hydrogen) atoms. The van der Waals surface area contributed by atoms with Crippen molar-refractivity contribution in [1.29, 1.82) is 0 Å². The fraction of sp³-hybridized carbons (Fsp3) is 0.800. The van der Waals surface area contributed by atoms with E-state index in [1.807, 2.05) is 4.90 Å². The van der Waals surface area contributed by atoms with Crippen molar-refractivity contribution in [2.24, 2.45) is 0 Å². The zero-order valence-corrected chi connectivity index (χ0v) is 9.76. The lowest BCUT2D eigenvalue weighted by molar-refractivity contribution is -0.130. The Kier molecular flexibility index (Phi) is 5.53. The third kappa shape index (κ3) is 4.55. The monoisotopic (exact) mass is 230 g/mol. The van der Waals surface area contributed by atoms with Crippen molar-refractivity contribution in [2.45, 2.75) is 25.7 Å². The second-order valence-electron chi connectivity index (χ2n) is 3.66. The Bertz CT molecular complexity index is 227. The molecule has 0 aromatic heterocycles. The predicted octanol–water partition coefficient (Wildman–Crippen LogP) is 0.435. The molecule has 0 bridgehead atoms. The standard InChI is InChI=1S/C10H18N2O2S/c13-9(4-8-15)11-5-3-10(14)12-6-1-2-7-12/h15H,1-8H2,(H,11,13). The molecule has 0 radical (unpaired) electrons. The highest BCUT2D eigenvalue weighted by molar-refractivity contribution is 7.80. The average Bonchev–Trinajstić information content (AvgIpc) is 2.70. The van der Waals surface area contributed by atoms with Crippen molar-refractivity contribution in [3.8, 4) is 0 Å². The van der Waals surface area contributed by atoms with E-state index in [-0.39, 0.29) is 11.8 Å². The number of likely N-dealkylation sites (tertiary alicyclic amines) is 1. The van der Waals surface area contributed by atoms with E-state index in [9.17, 15) is 9.59 Å². The first-order valence-corrected chi connectivity index (χ1v) is 6.02. The van der Waals surface area contributed by atoms with Gasteiger partial charge in [0.05, 0.1) is 0 Å². The van der Waals surface area contributed by atoms with Gasteiger partial charge in [0.1, 0.15) is 0 Å². The van der Waals surface area contributed by atoms with Crippen molar-refractivity contribution in [2.75, 3.05) is 25.4 Å². The Morgan fingerprint density at radius 1 is 1.20 bits per heavy atom. The zero-order chi connectivity index (χ0) is 11.1. The SMILES string of the molecule is O=C(CCS)NCCC(=O)N1CCCC1. The molecule has 0 unspecified atom stereocenters. The summed E-state index contributed by atoms with van der Waals surface area (Å²) in [4.78, 5) is 24.5. The first-order valence-electron chi connectivity index (χ1n) is 5.39. The molecule has 4 nitrogen and oxygen atoms in total. The molecule has 0 atom stereocenters. The Balaban J connectivity index is 2.08. The molecule has 1 aliphatic rings. The van der Waals surface area contributed by atoms with Gasteiger partial charge in [-0.3, -0.25) is 9.59 Å². The van der Waals surface area contributed by atoms with Gasteiger partial charge in [0, 0.05) is 32.5 Å². The molecular formula is C10H18N2O2S. The van der Waals surface area contributed by atoms with Gasteiger partial charge in [-0.2, -0.15) is 12.6 Å². The van der Waals surface area contributed by atoms with Crippen molar-refractivity contribution in [3.05, 3.63) is 0 Å². The number of hydrogen-bond donors (Lipinski definition) is 2. The molecule has 0 aromatic carbocycles. The van der Waals surface area contributed by atoms with E-state index in [0.717, 1.165) is 25.9 Å². The van der Waals surface area contributed by atoms with Crippen LogP contribution in [-0.2, 0) is 9.59 Å². The van der Waals surface area contributed by atoms with Crippen LogP contribution < -0.4 is 5.32 Å². The molecule has 0 spiro atoms. The van der Waals surface area contributed by atoms with Crippen molar-refractivity contribution in [1.82, 2.24) is 10.2 Å². The molecule has 1 saturated heterocycles. The smallest absolute Gasteiger partial charge is 0.224 e. The van der Waals surface area contributed by atoms with Crippen LogP contribution >= 0.6 is 12.6 Å². The number of nitrogens with one attached hydrogen (secondary N) is 1. The van der Waals surface area contributed by atoms with Gasteiger partial charge in [0.25, 0.3) is 0 Å². The molecule has 1 rings (SSSR count). The minimum Gasteiger partial charge on any atom is -0.356 e. The van der Waals surface area contributed by atoms with Crippen LogP contribution in [0, 0.1) is 0 Å². The highest BCUT2D eigenvalue weighted by Gasteiger charge is 2.17. The van der Waals surface area contributed by atoms with Gasteiger partial charge in [-0.15, -0.1) is 0 Å². The Morgan fingerprint density at radius 3 is 2.47 bits per heavy atom. The van der Waals surface area contributed by atoms with Crippen LogP contribution in [0.5, 0.6) is 0 Å². The fourth-order valence-electron chi connectivity index (χ4n) is 1.62. The number of thiol groups is 1. The highest BCUT2D eigenvalue weighted by atomic mass is 32.1. The van der Waals surface area contributed by atoms with Crippen LogP contribution in [0.1, 0.15) is 25.7 Å². The van der Waals surface area contributed by atoms with E-state index in [1.165, 1.54) is 0 Å². The van der Waals surface area contributed by atoms with Crippen LogP contribution in [0.25, 0.3) is 0 Å². The summed E-state index contributed by atoms with van der Waals surface area (Å²) in [5.41, 5.74) is 0. The minimum absolute atomic E-state index is 0.0285. The Labute approximate surface area is 95.8 Å². The molecule has 0 aliphatic carbocycles. The van der Waals surface area contributed by atoms with E-state index >= 15 is 0 Å². The molecule has 5 heteroatoms. The van der Waals surface area contributed by atoms with Gasteiger partial charge in [0.15, 0.2) is 0 Å². The Hall–Kier alpha value is -0.710. The van der Waals surface area contributed by atoms with E-state index in [4.69, 9.17) is 0 Å². The first kappa shape index (κ1) is 12.4. The molecule has 0 saturated carbocycles. The fourth-order valence-corrected chi connectivity index (χ4v) is 1.83. The van der Waals surface area contributed by atoms with E-state index in [2.05, 4.69) is 17.9 Å². The summed E-state index contributed by atoms with van der Waals surface area (Å²) in [6.45, 7) is 2.20.